The van der Waals surface area contributed by atoms with E-state index in [2.05, 4.69) is 25.2 Å². The van der Waals surface area contributed by atoms with Gasteiger partial charge < -0.3 is 10.4 Å². The summed E-state index contributed by atoms with van der Waals surface area (Å²) < 4.78 is 0. The van der Waals surface area contributed by atoms with Crippen LogP contribution in [0.4, 0.5) is 0 Å². The lowest BCUT2D eigenvalue weighted by atomic mass is 9.75. The van der Waals surface area contributed by atoms with E-state index >= 15 is 0 Å². The summed E-state index contributed by atoms with van der Waals surface area (Å²) in [6.45, 7) is 5.66. The second-order valence-corrected chi connectivity index (χ2v) is 4.99. The molecule has 1 aliphatic rings. The summed E-state index contributed by atoms with van der Waals surface area (Å²) >= 11 is 0. The zero-order valence-electron chi connectivity index (χ0n) is 9.38. The van der Waals surface area contributed by atoms with E-state index in [1.807, 2.05) is 12.1 Å². The predicted molar refractivity (Wildman–Crippen MR) is 60.7 cm³/mol. The average Bonchev–Trinajstić information content (AvgIpc) is 2.19. The van der Waals surface area contributed by atoms with Crippen LogP contribution in [0.3, 0.4) is 0 Å². The predicted octanol–water partition coefficient (Wildman–Crippen LogP) is 2.64. The first-order valence-corrected chi connectivity index (χ1v) is 5.53. The van der Waals surface area contributed by atoms with Gasteiger partial charge >= 0.3 is 0 Å². The van der Waals surface area contributed by atoms with Gasteiger partial charge in [0, 0.05) is 12.1 Å². The molecule has 15 heavy (non-hydrogen) atoms. The molecule has 1 atom stereocenters. The quantitative estimate of drug-likeness (QED) is 0.737. The maximum Gasteiger partial charge on any atom is 0.123 e. The van der Waals surface area contributed by atoms with Crippen LogP contribution in [0.25, 0.3) is 0 Å². The summed E-state index contributed by atoms with van der Waals surface area (Å²) in [6, 6.07) is 8.81. The first-order valence-electron chi connectivity index (χ1n) is 5.53. The molecule has 0 saturated carbocycles. The molecule has 2 N–H and O–H groups in total. The van der Waals surface area contributed by atoms with Crippen LogP contribution >= 0.6 is 0 Å². The monoisotopic (exact) mass is 204 g/mol. The Hall–Kier alpha value is -1.02. The number of piperidine rings is 1. The van der Waals surface area contributed by atoms with Crippen LogP contribution < -0.4 is 5.32 Å². The molecule has 2 rings (SSSR count). The molecule has 0 bridgehead atoms. The Balaban J connectivity index is 2.25. The molecule has 0 spiro atoms. The van der Waals surface area contributed by atoms with Crippen molar-refractivity contribution in [2.24, 2.45) is 5.41 Å². The van der Waals surface area contributed by atoms with Crippen molar-refractivity contribution in [3.63, 3.8) is 0 Å². The van der Waals surface area contributed by atoms with Gasteiger partial charge in [-0.1, -0.05) is 19.9 Å². The van der Waals surface area contributed by atoms with Gasteiger partial charge in [0.25, 0.3) is 0 Å². The summed E-state index contributed by atoms with van der Waals surface area (Å²) in [5.41, 5.74) is 1.50. The first kappa shape index (κ1) is 10.5. The molecule has 0 aromatic heterocycles. The van der Waals surface area contributed by atoms with Crippen molar-refractivity contribution >= 4 is 0 Å². The van der Waals surface area contributed by atoms with Crippen molar-refractivity contribution < 1.29 is 5.11 Å². The van der Waals surface area contributed by atoms with E-state index < -0.39 is 0 Å². The van der Waals surface area contributed by atoms with Gasteiger partial charge in [0.2, 0.25) is 0 Å². The Morgan fingerprint density at radius 1 is 1.47 bits per heavy atom. The number of rotatable bonds is 1. The SMILES string of the molecule is CC1(C)CCCNC1c1c[c]c(O)cc1. The molecule has 2 heteroatoms. The fourth-order valence-electron chi connectivity index (χ4n) is 2.39. The maximum atomic E-state index is 9.21. The van der Waals surface area contributed by atoms with Gasteiger partial charge in [0.05, 0.1) is 0 Å². The number of benzene rings is 1. The fraction of sp³-hybridized carbons (Fsp3) is 0.538. The fourth-order valence-corrected chi connectivity index (χ4v) is 2.39. The van der Waals surface area contributed by atoms with Crippen LogP contribution in [0.1, 0.15) is 38.3 Å². The number of hydrogen-bond acceptors (Lipinski definition) is 2. The van der Waals surface area contributed by atoms with E-state index in [-0.39, 0.29) is 11.2 Å². The van der Waals surface area contributed by atoms with Crippen molar-refractivity contribution in [1.82, 2.24) is 5.32 Å². The Bertz CT molecular complexity index is 329. The van der Waals surface area contributed by atoms with Crippen molar-refractivity contribution in [1.29, 1.82) is 0 Å². The smallest absolute Gasteiger partial charge is 0.123 e. The highest BCUT2D eigenvalue weighted by Crippen LogP contribution is 2.40. The normalized spacial score (nSPS) is 25.1. The topological polar surface area (TPSA) is 32.3 Å². The zero-order valence-corrected chi connectivity index (χ0v) is 9.38. The molecular weight excluding hydrogens is 186 g/mol. The Morgan fingerprint density at radius 2 is 2.27 bits per heavy atom. The molecule has 1 radical (unpaired) electrons. The molecule has 1 unspecified atom stereocenters. The molecule has 1 aliphatic heterocycles. The van der Waals surface area contributed by atoms with Gasteiger partial charge in [-0.15, -0.1) is 0 Å². The highest BCUT2D eigenvalue weighted by atomic mass is 16.3. The summed E-state index contributed by atoms with van der Waals surface area (Å²) in [5, 5.41) is 12.8. The van der Waals surface area contributed by atoms with E-state index in [0.717, 1.165) is 6.54 Å². The number of hydrogen-bond donors (Lipinski definition) is 2. The van der Waals surface area contributed by atoms with Crippen LogP contribution in [-0.2, 0) is 0 Å². The van der Waals surface area contributed by atoms with E-state index in [4.69, 9.17) is 0 Å². The number of phenols is 1. The van der Waals surface area contributed by atoms with Crippen LogP contribution in [-0.4, -0.2) is 11.7 Å². The van der Waals surface area contributed by atoms with Gasteiger partial charge in [0.1, 0.15) is 5.75 Å². The molecule has 0 amide bonds. The minimum atomic E-state index is 0.215. The van der Waals surface area contributed by atoms with Crippen molar-refractivity contribution in [2.45, 2.75) is 32.7 Å². The van der Waals surface area contributed by atoms with Gasteiger partial charge in [-0.2, -0.15) is 0 Å². The van der Waals surface area contributed by atoms with Gasteiger partial charge in [-0.25, -0.2) is 0 Å². The Kier molecular flexibility index (Phi) is 2.70. The van der Waals surface area contributed by atoms with E-state index in [0.29, 0.717) is 6.04 Å². The van der Waals surface area contributed by atoms with Crippen LogP contribution in [0.2, 0.25) is 0 Å². The number of aromatic hydroxyl groups is 1. The van der Waals surface area contributed by atoms with Gasteiger partial charge in [-0.3, -0.25) is 0 Å². The summed E-state index contributed by atoms with van der Waals surface area (Å²) in [7, 11) is 0. The van der Waals surface area contributed by atoms with Gasteiger partial charge in [0.15, 0.2) is 0 Å². The minimum Gasteiger partial charge on any atom is -0.507 e. The van der Waals surface area contributed by atoms with E-state index in [1.165, 1.54) is 18.4 Å². The lowest BCUT2D eigenvalue weighted by Gasteiger charge is -2.39. The number of nitrogens with one attached hydrogen (secondary N) is 1. The maximum absolute atomic E-state index is 9.21. The number of phenolic OH excluding ortho intramolecular Hbond substituents is 1. The third kappa shape index (κ3) is 2.15. The molecule has 1 fully saturated rings. The third-order valence-electron chi connectivity index (χ3n) is 3.28. The average molecular weight is 204 g/mol. The summed E-state index contributed by atoms with van der Waals surface area (Å²) in [6.07, 6.45) is 2.48. The minimum absolute atomic E-state index is 0.215. The highest BCUT2D eigenvalue weighted by Gasteiger charge is 2.32. The van der Waals surface area contributed by atoms with Gasteiger partial charge in [-0.05, 0) is 42.5 Å². The molecule has 1 saturated heterocycles. The van der Waals surface area contributed by atoms with Crippen molar-refractivity contribution in [2.75, 3.05) is 6.54 Å². The second-order valence-electron chi connectivity index (χ2n) is 4.99. The van der Waals surface area contributed by atoms with Crippen molar-refractivity contribution in [3.05, 3.63) is 29.8 Å². The molecule has 1 heterocycles. The lowest BCUT2D eigenvalue weighted by molar-refractivity contribution is 0.181. The molecule has 2 nitrogen and oxygen atoms in total. The molecular formula is C13H18NO. The molecule has 1 aromatic carbocycles. The zero-order chi connectivity index (χ0) is 10.9. The summed E-state index contributed by atoms with van der Waals surface area (Å²) in [5.74, 6) is 0.215. The second kappa shape index (κ2) is 3.86. The van der Waals surface area contributed by atoms with Crippen LogP contribution in [0, 0.1) is 11.5 Å². The molecule has 1 aromatic rings. The van der Waals surface area contributed by atoms with Crippen LogP contribution in [0.5, 0.6) is 5.75 Å². The van der Waals surface area contributed by atoms with Crippen LogP contribution in [0.15, 0.2) is 18.2 Å². The standard InChI is InChI=1S/C13H18NO/c1-13(2)8-3-9-14-12(13)10-4-6-11(15)7-5-10/h4-6,12,14-15H,3,8-9H2,1-2H3. The first-order chi connectivity index (χ1) is 7.09. The Morgan fingerprint density at radius 3 is 2.87 bits per heavy atom. The highest BCUT2D eigenvalue weighted by molar-refractivity contribution is 5.28. The van der Waals surface area contributed by atoms with E-state index in [9.17, 15) is 5.11 Å². The molecule has 81 valence electrons. The molecule has 0 aliphatic carbocycles. The van der Waals surface area contributed by atoms with E-state index in [1.54, 1.807) is 6.07 Å². The largest absolute Gasteiger partial charge is 0.507 e. The third-order valence-corrected chi connectivity index (χ3v) is 3.28. The lowest BCUT2D eigenvalue weighted by Crippen LogP contribution is -2.39. The van der Waals surface area contributed by atoms with Crippen molar-refractivity contribution in [3.8, 4) is 5.75 Å². The Labute approximate surface area is 91.3 Å². The summed E-state index contributed by atoms with van der Waals surface area (Å²) in [4.78, 5) is 0.